The van der Waals surface area contributed by atoms with Crippen molar-refractivity contribution < 1.29 is 26.8 Å². The van der Waals surface area contributed by atoms with Gasteiger partial charge in [-0.2, -0.15) is 4.31 Å². The van der Waals surface area contributed by atoms with Gasteiger partial charge in [-0.15, -0.1) is 0 Å². The summed E-state index contributed by atoms with van der Waals surface area (Å²) in [5, 5.41) is 2.76. The summed E-state index contributed by atoms with van der Waals surface area (Å²) in [6.07, 6.45) is 3.45. The van der Waals surface area contributed by atoms with Gasteiger partial charge in [0.05, 0.1) is 30.1 Å². The number of carbonyl (C=O) groups excluding carboxylic acids is 1. The summed E-state index contributed by atoms with van der Waals surface area (Å²) in [5.41, 5.74) is 2.86. The van der Waals surface area contributed by atoms with Crippen LogP contribution in [0.4, 0.5) is 20.2 Å². The number of hydrogen-bond acceptors (Lipinski definition) is 6. The van der Waals surface area contributed by atoms with Crippen LogP contribution in [0.15, 0.2) is 53.6 Å². The van der Waals surface area contributed by atoms with E-state index in [-0.39, 0.29) is 13.2 Å². The first kappa shape index (κ1) is 27.4. The minimum absolute atomic E-state index is 0.182. The number of benzene rings is 2. The molecule has 0 spiro atoms. The van der Waals surface area contributed by atoms with Gasteiger partial charge in [-0.05, 0) is 90.2 Å². The van der Waals surface area contributed by atoms with E-state index in [0.717, 1.165) is 32.3 Å². The van der Waals surface area contributed by atoms with Crippen LogP contribution >= 0.6 is 22.6 Å². The number of hydrogen-bond donors (Lipinski definition) is 2. The van der Waals surface area contributed by atoms with Crippen LogP contribution in [0.3, 0.4) is 0 Å². The second-order valence-corrected chi connectivity index (χ2v) is 12.0. The van der Waals surface area contributed by atoms with E-state index in [2.05, 4.69) is 38.4 Å². The predicted octanol–water partition coefficient (Wildman–Crippen LogP) is 4.91. The second kappa shape index (κ2) is 11.4. The van der Waals surface area contributed by atoms with Crippen LogP contribution in [0.5, 0.6) is 0 Å². The van der Waals surface area contributed by atoms with Crippen molar-refractivity contribution in [3.63, 3.8) is 0 Å². The van der Waals surface area contributed by atoms with Gasteiger partial charge >= 0.3 is 0 Å². The Kier molecular flexibility index (Phi) is 8.41. The molecule has 0 atom stereocenters. The zero-order chi connectivity index (χ0) is 26.7. The molecule has 196 valence electrons. The molecule has 0 radical (unpaired) electrons. The first-order valence-corrected chi connectivity index (χ1v) is 13.9. The molecule has 1 aromatic heterocycles. The molecule has 0 unspecified atom stereocenters. The Balaban J connectivity index is 1.74. The normalized spacial score (nSPS) is 13.6. The topological polar surface area (TPSA) is 101 Å². The minimum atomic E-state index is -4.54. The molecule has 3 aromatic rings. The van der Waals surface area contributed by atoms with Crippen molar-refractivity contribution in [1.82, 2.24) is 14.8 Å². The van der Waals surface area contributed by atoms with Gasteiger partial charge < -0.3 is 5.32 Å². The van der Waals surface area contributed by atoms with E-state index < -0.39 is 43.7 Å². The van der Waals surface area contributed by atoms with Crippen molar-refractivity contribution >= 4 is 49.9 Å². The number of halogens is 3. The highest BCUT2D eigenvalue weighted by Gasteiger charge is 2.32. The van der Waals surface area contributed by atoms with Crippen LogP contribution in [-0.2, 0) is 21.4 Å². The Morgan fingerprint density at radius 1 is 1.19 bits per heavy atom. The Morgan fingerprint density at radius 3 is 2.59 bits per heavy atom. The highest BCUT2D eigenvalue weighted by atomic mass is 127. The molecule has 1 fully saturated rings. The quantitative estimate of drug-likeness (QED) is 0.241. The molecule has 12 heteroatoms. The fourth-order valence-corrected chi connectivity index (χ4v) is 5.40. The first-order valence-electron chi connectivity index (χ1n) is 11.4. The Hall–Kier alpha value is -2.68. The monoisotopic (exact) mass is 642 g/mol. The molecule has 1 amide bonds. The summed E-state index contributed by atoms with van der Waals surface area (Å²) in [6, 6.07) is 11.0. The van der Waals surface area contributed by atoms with Crippen molar-refractivity contribution in [1.29, 1.82) is 0 Å². The number of nitrogens with one attached hydrogen (secondary N) is 2. The summed E-state index contributed by atoms with van der Waals surface area (Å²) >= 11 is 2.12. The molecule has 2 aromatic carbocycles. The molecule has 4 rings (SSSR count). The van der Waals surface area contributed by atoms with Crippen LogP contribution in [0.2, 0.25) is 0 Å². The van der Waals surface area contributed by atoms with E-state index in [1.54, 1.807) is 37.3 Å². The van der Waals surface area contributed by atoms with E-state index in [0.29, 0.717) is 17.3 Å². The average molecular weight is 642 g/mol. The molecule has 0 aliphatic heterocycles. The molecular formula is C25H25F2IN4O4S. The lowest BCUT2D eigenvalue weighted by molar-refractivity contribution is 0.0270. The summed E-state index contributed by atoms with van der Waals surface area (Å²) < 4.78 is 59.1. The molecule has 8 nitrogen and oxygen atoms in total. The van der Waals surface area contributed by atoms with E-state index in [1.807, 2.05) is 6.07 Å². The van der Waals surface area contributed by atoms with Crippen molar-refractivity contribution in [3.8, 4) is 0 Å². The number of sulfonamides is 1. The highest BCUT2D eigenvalue weighted by Crippen LogP contribution is 2.34. The maximum Gasteiger partial charge on any atom is 0.277 e. The molecule has 0 bridgehead atoms. The number of rotatable bonds is 10. The number of hydroxylamine groups is 1. The maximum atomic E-state index is 15.5. The molecule has 37 heavy (non-hydrogen) atoms. The van der Waals surface area contributed by atoms with Crippen molar-refractivity contribution in [2.75, 3.05) is 19.0 Å². The van der Waals surface area contributed by atoms with Gasteiger partial charge in [0.15, 0.2) is 11.6 Å². The van der Waals surface area contributed by atoms with Gasteiger partial charge in [-0.1, -0.05) is 6.07 Å². The molecular weight excluding hydrogens is 617 g/mol. The van der Waals surface area contributed by atoms with Crippen molar-refractivity contribution in [2.24, 2.45) is 5.92 Å². The van der Waals surface area contributed by atoms with E-state index in [9.17, 15) is 13.2 Å². The SMILES string of the molecule is Cc1cc(I)ccc1Nc1c(C(=O)NOCC2CC2)cc(S(=O)(=O)N(C)Cc2ccccn2)c(F)c1F. The summed E-state index contributed by atoms with van der Waals surface area (Å²) in [6.45, 7) is 1.85. The number of carbonyl (C=O) groups is 1. The van der Waals surface area contributed by atoms with Gasteiger partial charge in [0, 0.05) is 22.5 Å². The molecule has 0 saturated heterocycles. The summed E-state index contributed by atoms with van der Waals surface area (Å²) in [7, 11) is -3.32. The van der Waals surface area contributed by atoms with Crippen molar-refractivity contribution in [3.05, 3.63) is 80.7 Å². The van der Waals surface area contributed by atoms with Crippen molar-refractivity contribution in [2.45, 2.75) is 31.2 Å². The Labute approximate surface area is 227 Å². The van der Waals surface area contributed by atoms with Gasteiger partial charge in [0.1, 0.15) is 4.90 Å². The lowest BCUT2D eigenvalue weighted by Crippen LogP contribution is -2.30. The average Bonchev–Trinajstić information content (AvgIpc) is 3.68. The zero-order valence-electron chi connectivity index (χ0n) is 20.1. The molecule has 2 N–H and O–H groups in total. The van der Waals surface area contributed by atoms with Crippen LogP contribution in [0.1, 0.15) is 34.5 Å². The minimum Gasteiger partial charge on any atom is -0.352 e. The maximum absolute atomic E-state index is 15.5. The van der Waals surface area contributed by atoms with E-state index >= 15 is 8.78 Å². The number of nitrogens with zero attached hydrogens (tertiary/aromatic N) is 2. The van der Waals surface area contributed by atoms with Gasteiger partial charge in [-0.25, -0.2) is 22.7 Å². The number of amides is 1. The van der Waals surface area contributed by atoms with Gasteiger partial charge in [0.2, 0.25) is 10.0 Å². The van der Waals surface area contributed by atoms with E-state index in [1.165, 1.54) is 13.2 Å². The fraction of sp³-hybridized carbons (Fsp3) is 0.280. The van der Waals surface area contributed by atoms with E-state index in [4.69, 9.17) is 4.84 Å². The molecule has 1 saturated carbocycles. The molecule has 1 aliphatic rings. The lowest BCUT2D eigenvalue weighted by atomic mass is 10.1. The van der Waals surface area contributed by atoms with Crippen LogP contribution in [0, 0.1) is 28.0 Å². The third-order valence-electron chi connectivity index (χ3n) is 5.85. The molecule has 1 heterocycles. The van der Waals surface area contributed by atoms with Crippen LogP contribution < -0.4 is 10.8 Å². The standard InChI is InChI=1S/C25H25F2IN4O4S/c1-15-11-17(28)8-9-20(15)30-24-19(25(33)31-36-14-16-6-7-16)12-21(22(26)23(24)27)37(34,35)32(2)13-18-5-3-4-10-29-18/h3-5,8-12,16,30H,6-7,13-14H2,1-2H3,(H,31,33). The smallest absolute Gasteiger partial charge is 0.277 e. The first-order chi connectivity index (χ1) is 17.6. The Morgan fingerprint density at radius 2 is 1.95 bits per heavy atom. The van der Waals surface area contributed by atoms with Gasteiger partial charge in [-0.3, -0.25) is 14.6 Å². The largest absolute Gasteiger partial charge is 0.352 e. The summed E-state index contributed by atoms with van der Waals surface area (Å²) in [5.74, 6) is -3.69. The third-order valence-corrected chi connectivity index (χ3v) is 8.32. The number of anilines is 2. The van der Waals surface area contributed by atoms with Crippen LogP contribution in [0.25, 0.3) is 0 Å². The highest BCUT2D eigenvalue weighted by molar-refractivity contribution is 14.1. The van der Waals surface area contributed by atoms with Gasteiger partial charge in [0.25, 0.3) is 5.91 Å². The zero-order valence-corrected chi connectivity index (χ0v) is 23.1. The number of aryl methyl sites for hydroxylation is 1. The molecule has 1 aliphatic carbocycles. The number of pyridine rings is 1. The predicted molar refractivity (Wildman–Crippen MR) is 143 cm³/mol. The number of aromatic nitrogens is 1. The lowest BCUT2D eigenvalue weighted by Gasteiger charge is -2.20. The fourth-order valence-electron chi connectivity index (χ4n) is 3.53. The second-order valence-electron chi connectivity index (χ2n) is 8.78. The Bertz CT molecular complexity index is 1420. The third kappa shape index (κ3) is 6.43. The van der Waals surface area contributed by atoms with Crippen LogP contribution in [-0.4, -0.2) is 37.3 Å². The summed E-state index contributed by atoms with van der Waals surface area (Å²) in [4.78, 5) is 21.3.